The molecule has 0 saturated heterocycles. The molecule has 2 rings (SSSR count). The first-order valence-electron chi connectivity index (χ1n) is 9.39. The molecular weight excluding hydrogens is 494 g/mol. The summed E-state index contributed by atoms with van der Waals surface area (Å²) in [4.78, 5) is 4.20. The van der Waals surface area contributed by atoms with Crippen LogP contribution in [0.15, 0.2) is 29.3 Å². The first kappa shape index (κ1) is 25.3. The Balaban J connectivity index is 0.00000420. The summed E-state index contributed by atoms with van der Waals surface area (Å²) in [6.45, 7) is 6.51. The summed E-state index contributed by atoms with van der Waals surface area (Å²) in [5, 5.41) is 11.0. The molecule has 1 unspecified atom stereocenters. The van der Waals surface area contributed by atoms with Gasteiger partial charge in [0.1, 0.15) is 0 Å². The molecule has 1 aromatic heterocycles. The summed E-state index contributed by atoms with van der Waals surface area (Å²) >= 11 is 0. The maximum absolute atomic E-state index is 12.9. The van der Waals surface area contributed by atoms with Crippen molar-refractivity contribution >= 4 is 29.9 Å². The molecule has 0 aliphatic rings. The van der Waals surface area contributed by atoms with Gasteiger partial charge in [-0.2, -0.15) is 18.3 Å². The standard InChI is InChI=1S/C20H28F3N5.HI/c1-6-17-16(18(7-2)28(5)27-17)12-25-19(24-4)26-13(3)14-9-8-10-15(11-14)20(21,22)23;/h8-11,13H,6-7,12H2,1-5H3,(H2,24,25,26);1H. The summed E-state index contributed by atoms with van der Waals surface area (Å²) in [6.07, 6.45) is -2.66. The molecule has 0 aliphatic heterocycles. The predicted molar refractivity (Wildman–Crippen MR) is 121 cm³/mol. The lowest BCUT2D eigenvalue weighted by Crippen LogP contribution is -2.38. The molecule has 162 valence electrons. The maximum Gasteiger partial charge on any atom is 0.416 e. The van der Waals surface area contributed by atoms with Gasteiger partial charge in [0, 0.05) is 31.9 Å². The Labute approximate surface area is 187 Å². The van der Waals surface area contributed by atoms with Crippen molar-refractivity contribution in [2.24, 2.45) is 12.0 Å². The molecule has 1 heterocycles. The van der Waals surface area contributed by atoms with Gasteiger partial charge in [-0.15, -0.1) is 24.0 Å². The Morgan fingerprint density at radius 2 is 1.93 bits per heavy atom. The van der Waals surface area contributed by atoms with Crippen molar-refractivity contribution in [2.75, 3.05) is 7.05 Å². The van der Waals surface area contributed by atoms with Crippen LogP contribution in [-0.2, 0) is 32.6 Å². The lowest BCUT2D eigenvalue weighted by Gasteiger charge is -2.19. The van der Waals surface area contributed by atoms with E-state index in [1.165, 1.54) is 6.07 Å². The van der Waals surface area contributed by atoms with E-state index in [9.17, 15) is 13.2 Å². The molecule has 0 amide bonds. The van der Waals surface area contributed by atoms with E-state index < -0.39 is 11.7 Å². The van der Waals surface area contributed by atoms with E-state index in [1.807, 2.05) is 11.7 Å². The number of alkyl halides is 3. The third kappa shape index (κ3) is 6.35. The largest absolute Gasteiger partial charge is 0.416 e. The quantitative estimate of drug-likeness (QED) is 0.331. The van der Waals surface area contributed by atoms with Gasteiger partial charge < -0.3 is 10.6 Å². The fourth-order valence-electron chi connectivity index (χ4n) is 3.23. The van der Waals surface area contributed by atoms with Crippen molar-refractivity contribution in [1.82, 2.24) is 20.4 Å². The summed E-state index contributed by atoms with van der Waals surface area (Å²) in [7, 11) is 3.57. The van der Waals surface area contributed by atoms with Crippen LogP contribution in [0.5, 0.6) is 0 Å². The summed E-state index contributed by atoms with van der Waals surface area (Å²) in [5.41, 5.74) is 3.22. The SMILES string of the molecule is CCc1nn(C)c(CC)c1CNC(=NC)NC(C)c1cccc(C(F)(F)F)c1.I. The van der Waals surface area contributed by atoms with E-state index in [2.05, 4.69) is 34.6 Å². The zero-order valence-electron chi connectivity index (χ0n) is 17.4. The first-order chi connectivity index (χ1) is 13.2. The average molecular weight is 523 g/mol. The molecule has 0 radical (unpaired) electrons. The summed E-state index contributed by atoms with van der Waals surface area (Å²) in [6, 6.07) is 4.99. The topological polar surface area (TPSA) is 54.2 Å². The van der Waals surface area contributed by atoms with E-state index in [0.29, 0.717) is 18.1 Å². The van der Waals surface area contributed by atoms with E-state index in [1.54, 1.807) is 20.0 Å². The van der Waals surface area contributed by atoms with Gasteiger partial charge in [-0.25, -0.2) is 0 Å². The van der Waals surface area contributed by atoms with Crippen LogP contribution >= 0.6 is 24.0 Å². The van der Waals surface area contributed by atoms with Crippen LogP contribution in [0, 0.1) is 0 Å². The highest BCUT2D eigenvalue weighted by atomic mass is 127. The van der Waals surface area contributed by atoms with Crippen LogP contribution in [0.4, 0.5) is 13.2 Å². The molecule has 0 spiro atoms. The number of nitrogens with zero attached hydrogens (tertiary/aromatic N) is 3. The van der Waals surface area contributed by atoms with E-state index in [4.69, 9.17) is 0 Å². The number of aromatic nitrogens is 2. The normalized spacial score (nSPS) is 13.0. The zero-order chi connectivity index (χ0) is 20.9. The maximum atomic E-state index is 12.9. The molecular formula is C20H29F3IN5. The number of guanidine groups is 1. The van der Waals surface area contributed by atoms with Gasteiger partial charge in [0.25, 0.3) is 0 Å². The molecule has 5 nitrogen and oxygen atoms in total. The van der Waals surface area contributed by atoms with E-state index >= 15 is 0 Å². The molecule has 0 aliphatic carbocycles. The number of benzene rings is 1. The predicted octanol–water partition coefficient (Wildman–Crippen LogP) is 4.61. The van der Waals surface area contributed by atoms with E-state index in [0.717, 1.165) is 41.9 Å². The van der Waals surface area contributed by atoms with Gasteiger partial charge in [-0.3, -0.25) is 9.67 Å². The average Bonchev–Trinajstić information content (AvgIpc) is 2.98. The Morgan fingerprint density at radius 1 is 1.24 bits per heavy atom. The van der Waals surface area contributed by atoms with Crippen molar-refractivity contribution in [3.05, 3.63) is 52.3 Å². The number of aryl methyl sites for hydroxylation is 2. The summed E-state index contributed by atoms with van der Waals surface area (Å²) < 4.78 is 40.7. The smallest absolute Gasteiger partial charge is 0.352 e. The molecule has 2 N–H and O–H groups in total. The van der Waals surface area contributed by atoms with Gasteiger partial charge in [0.05, 0.1) is 17.3 Å². The van der Waals surface area contributed by atoms with Crippen LogP contribution in [-0.4, -0.2) is 22.8 Å². The van der Waals surface area contributed by atoms with Gasteiger partial charge in [-0.1, -0.05) is 26.0 Å². The van der Waals surface area contributed by atoms with Crippen molar-refractivity contribution in [3.63, 3.8) is 0 Å². The van der Waals surface area contributed by atoms with Gasteiger partial charge >= 0.3 is 6.18 Å². The molecule has 0 fully saturated rings. The number of hydrogen-bond donors (Lipinski definition) is 2. The van der Waals surface area contributed by atoms with Gasteiger partial charge in [0.2, 0.25) is 0 Å². The minimum absolute atomic E-state index is 0. The molecule has 0 bridgehead atoms. The van der Waals surface area contributed by atoms with Crippen LogP contribution in [0.2, 0.25) is 0 Å². The highest BCUT2D eigenvalue weighted by Crippen LogP contribution is 2.30. The number of hydrogen-bond acceptors (Lipinski definition) is 2. The van der Waals surface area contributed by atoms with Crippen molar-refractivity contribution in [3.8, 4) is 0 Å². The molecule has 0 saturated carbocycles. The van der Waals surface area contributed by atoms with Crippen molar-refractivity contribution < 1.29 is 13.2 Å². The molecule has 2 aromatic rings. The Kier molecular flexibility index (Phi) is 9.44. The number of aliphatic imine (C=N–C) groups is 1. The van der Waals surface area contributed by atoms with Crippen LogP contribution in [0.3, 0.4) is 0 Å². The van der Waals surface area contributed by atoms with E-state index in [-0.39, 0.29) is 30.0 Å². The summed E-state index contributed by atoms with van der Waals surface area (Å²) in [5.74, 6) is 0.526. The Hall–Kier alpha value is -1.78. The minimum atomic E-state index is -4.36. The monoisotopic (exact) mass is 523 g/mol. The highest BCUT2D eigenvalue weighted by Gasteiger charge is 2.30. The minimum Gasteiger partial charge on any atom is -0.352 e. The van der Waals surface area contributed by atoms with Crippen molar-refractivity contribution in [1.29, 1.82) is 0 Å². The second-order valence-corrected chi connectivity index (χ2v) is 6.62. The lowest BCUT2D eigenvalue weighted by molar-refractivity contribution is -0.137. The molecule has 9 heteroatoms. The van der Waals surface area contributed by atoms with Gasteiger partial charge in [0.15, 0.2) is 5.96 Å². The van der Waals surface area contributed by atoms with Gasteiger partial charge in [-0.05, 0) is 37.5 Å². The molecule has 1 atom stereocenters. The van der Waals surface area contributed by atoms with Crippen LogP contribution < -0.4 is 10.6 Å². The van der Waals surface area contributed by atoms with Crippen LogP contribution in [0.1, 0.15) is 54.9 Å². The second-order valence-electron chi connectivity index (χ2n) is 6.62. The first-order valence-corrected chi connectivity index (χ1v) is 9.39. The number of halogens is 4. The molecule has 1 aromatic carbocycles. The fraction of sp³-hybridized carbons (Fsp3) is 0.500. The highest BCUT2D eigenvalue weighted by molar-refractivity contribution is 14.0. The zero-order valence-corrected chi connectivity index (χ0v) is 19.7. The number of rotatable bonds is 6. The van der Waals surface area contributed by atoms with Crippen molar-refractivity contribution in [2.45, 2.75) is 52.4 Å². The third-order valence-corrected chi connectivity index (χ3v) is 4.75. The lowest BCUT2D eigenvalue weighted by atomic mass is 10.1. The third-order valence-electron chi connectivity index (χ3n) is 4.75. The molecule has 29 heavy (non-hydrogen) atoms. The van der Waals surface area contributed by atoms with Crippen LogP contribution in [0.25, 0.3) is 0 Å². The fourth-order valence-corrected chi connectivity index (χ4v) is 3.23. The Morgan fingerprint density at radius 3 is 2.48 bits per heavy atom. The Bertz CT molecular complexity index is 830. The number of nitrogens with one attached hydrogen (secondary N) is 2. The second kappa shape index (κ2) is 10.8.